The van der Waals surface area contributed by atoms with E-state index in [1.54, 1.807) is 12.3 Å². The summed E-state index contributed by atoms with van der Waals surface area (Å²) in [4.78, 5) is 11.8. The van der Waals surface area contributed by atoms with E-state index < -0.39 is 0 Å². The zero-order chi connectivity index (χ0) is 17.1. The molecule has 0 amide bonds. The van der Waals surface area contributed by atoms with Gasteiger partial charge in [0.25, 0.3) is 0 Å². The molecule has 4 aromatic rings. The number of hydrogen-bond acceptors (Lipinski definition) is 4. The monoisotopic (exact) mass is 325 g/mol. The number of nitrogens with one attached hydrogen (secondary N) is 2. The Labute approximate surface area is 145 Å². The first-order valence-corrected chi connectivity index (χ1v) is 7.96. The van der Waals surface area contributed by atoms with E-state index in [1.807, 2.05) is 54.7 Å². The molecule has 0 fully saturated rings. The van der Waals surface area contributed by atoms with Crippen molar-refractivity contribution >= 4 is 16.9 Å². The lowest BCUT2D eigenvalue weighted by molar-refractivity contribution is 1.10. The van der Waals surface area contributed by atoms with Gasteiger partial charge in [0.05, 0.1) is 0 Å². The Hall–Kier alpha value is -3.65. The summed E-state index contributed by atoms with van der Waals surface area (Å²) in [5.74, 6) is 0.677. The van der Waals surface area contributed by atoms with Crippen LogP contribution in [0.25, 0.3) is 22.2 Å². The van der Waals surface area contributed by atoms with Crippen molar-refractivity contribution in [2.75, 3.05) is 5.32 Å². The van der Waals surface area contributed by atoms with Crippen molar-refractivity contribution in [3.63, 3.8) is 0 Å². The van der Waals surface area contributed by atoms with Crippen LogP contribution < -0.4 is 5.32 Å². The van der Waals surface area contributed by atoms with Crippen molar-refractivity contribution in [1.29, 1.82) is 5.26 Å². The van der Waals surface area contributed by atoms with Gasteiger partial charge >= 0.3 is 0 Å². The number of nitriles is 1. The molecule has 5 heteroatoms. The number of hydrogen-bond donors (Lipinski definition) is 2. The van der Waals surface area contributed by atoms with E-state index in [-0.39, 0.29) is 0 Å². The number of pyridine rings is 2. The highest BCUT2D eigenvalue weighted by atomic mass is 15.0. The van der Waals surface area contributed by atoms with Crippen molar-refractivity contribution in [3.05, 3.63) is 78.2 Å². The highest BCUT2D eigenvalue weighted by Gasteiger charge is 2.10. The number of aromatic amines is 1. The van der Waals surface area contributed by atoms with Crippen LogP contribution in [0.4, 0.5) is 5.82 Å². The van der Waals surface area contributed by atoms with Gasteiger partial charge in [-0.15, -0.1) is 0 Å². The summed E-state index contributed by atoms with van der Waals surface area (Å²) in [6.45, 7) is 0.650. The quantitative estimate of drug-likeness (QED) is 0.592. The van der Waals surface area contributed by atoms with E-state index in [2.05, 4.69) is 26.3 Å². The number of aromatic nitrogens is 3. The van der Waals surface area contributed by atoms with E-state index in [4.69, 9.17) is 0 Å². The largest absolute Gasteiger partial charge is 0.366 e. The average molecular weight is 325 g/mol. The Balaban J connectivity index is 1.70. The number of fused-ring (bicyclic) bond motifs is 1. The second kappa shape index (κ2) is 6.46. The minimum absolute atomic E-state index is 0.381. The summed E-state index contributed by atoms with van der Waals surface area (Å²) in [6, 6.07) is 19.9. The Morgan fingerprint density at radius 3 is 2.80 bits per heavy atom. The van der Waals surface area contributed by atoms with Crippen molar-refractivity contribution in [1.82, 2.24) is 15.0 Å². The van der Waals surface area contributed by atoms with Crippen LogP contribution in [0.5, 0.6) is 0 Å². The van der Waals surface area contributed by atoms with Gasteiger partial charge in [0, 0.05) is 29.9 Å². The van der Waals surface area contributed by atoms with Crippen LogP contribution in [0.1, 0.15) is 11.3 Å². The number of nitrogens with zero attached hydrogens (tertiary/aromatic N) is 3. The molecule has 1 aromatic carbocycles. The van der Waals surface area contributed by atoms with Crippen LogP contribution in [-0.2, 0) is 6.54 Å². The molecule has 0 aliphatic carbocycles. The van der Waals surface area contributed by atoms with Gasteiger partial charge in [0.2, 0.25) is 0 Å². The predicted molar refractivity (Wildman–Crippen MR) is 97.8 cm³/mol. The molecule has 2 N–H and O–H groups in total. The third-order valence-corrected chi connectivity index (χ3v) is 4.02. The number of rotatable bonds is 4. The predicted octanol–water partition coefficient (Wildman–Crippen LogP) is 4.11. The zero-order valence-corrected chi connectivity index (χ0v) is 13.4. The van der Waals surface area contributed by atoms with E-state index in [1.165, 1.54) is 0 Å². The fraction of sp³-hybridized carbons (Fsp3) is 0.0500. The second-order valence-electron chi connectivity index (χ2n) is 5.68. The Kier molecular flexibility index (Phi) is 3.85. The summed E-state index contributed by atoms with van der Waals surface area (Å²) in [6.07, 6.45) is 3.66. The lowest BCUT2D eigenvalue weighted by atomic mass is 10.1. The maximum atomic E-state index is 9.32. The third-order valence-electron chi connectivity index (χ3n) is 4.02. The standard InChI is InChI=1S/C20H15N5/c21-11-16-9-15(18-13-24-20-17(18)7-4-8-22-20)10-19(25-16)23-12-14-5-2-1-3-6-14/h1-10,13H,12H2,(H,22,24)(H,23,25). The van der Waals surface area contributed by atoms with Crippen LogP contribution in [-0.4, -0.2) is 15.0 Å². The van der Waals surface area contributed by atoms with E-state index >= 15 is 0 Å². The van der Waals surface area contributed by atoms with E-state index in [0.717, 1.165) is 27.7 Å². The van der Waals surface area contributed by atoms with E-state index in [0.29, 0.717) is 18.1 Å². The topological polar surface area (TPSA) is 77.4 Å². The zero-order valence-electron chi connectivity index (χ0n) is 13.4. The van der Waals surface area contributed by atoms with Crippen molar-refractivity contribution in [3.8, 4) is 17.2 Å². The van der Waals surface area contributed by atoms with Gasteiger partial charge in [-0.05, 0) is 35.4 Å². The van der Waals surface area contributed by atoms with Gasteiger partial charge in [0.1, 0.15) is 23.2 Å². The molecule has 4 rings (SSSR count). The summed E-state index contributed by atoms with van der Waals surface area (Å²) in [7, 11) is 0. The molecule has 0 spiro atoms. The van der Waals surface area contributed by atoms with Crippen molar-refractivity contribution < 1.29 is 0 Å². The first-order chi connectivity index (χ1) is 12.3. The molecule has 120 valence electrons. The Bertz CT molecular complexity index is 1060. The lowest BCUT2D eigenvalue weighted by Crippen LogP contribution is -2.02. The van der Waals surface area contributed by atoms with Crippen LogP contribution in [0.15, 0.2) is 67.0 Å². The van der Waals surface area contributed by atoms with Gasteiger partial charge in [-0.2, -0.15) is 5.26 Å². The molecule has 0 saturated heterocycles. The minimum Gasteiger partial charge on any atom is -0.366 e. The first-order valence-electron chi connectivity index (χ1n) is 7.96. The molecule has 3 heterocycles. The maximum Gasteiger partial charge on any atom is 0.143 e. The normalized spacial score (nSPS) is 10.5. The molecule has 0 bridgehead atoms. The Morgan fingerprint density at radius 2 is 1.96 bits per heavy atom. The molecule has 0 unspecified atom stereocenters. The number of H-pyrrole nitrogens is 1. The number of anilines is 1. The van der Waals surface area contributed by atoms with E-state index in [9.17, 15) is 5.26 Å². The van der Waals surface area contributed by atoms with Crippen LogP contribution >= 0.6 is 0 Å². The van der Waals surface area contributed by atoms with Gasteiger partial charge < -0.3 is 10.3 Å². The molecular formula is C20H15N5. The molecule has 5 nitrogen and oxygen atoms in total. The van der Waals surface area contributed by atoms with Gasteiger partial charge in [-0.1, -0.05) is 30.3 Å². The van der Waals surface area contributed by atoms with Gasteiger partial charge in [-0.3, -0.25) is 0 Å². The van der Waals surface area contributed by atoms with Crippen LogP contribution in [0.3, 0.4) is 0 Å². The number of benzene rings is 1. The Morgan fingerprint density at radius 1 is 1.08 bits per heavy atom. The summed E-state index contributed by atoms with van der Waals surface area (Å²) < 4.78 is 0. The molecular weight excluding hydrogens is 310 g/mol. The molecule has 0 atom stereocenters. The summed E-state index contributed by atoms with van der Waals surface area (Å²) in [5, 5.41) is 13.6. The van der Waals surface area contributed by atoms with Crippen molar-refractivity contribution in [2.24, 2.45) is 0 Å². The molecule has 0 aliphatic heterocycles. The van der Waals surface area contributed by atoms with Crippen molar-refractivity contribution in [2.45, 2.75) is 6.54 Å². The third kappa shape index (κ3) is 3.06. The van der Waals surface area contributed by atoms with Crippen LogP contribution in [0, 0.1) is 11.3 Å². The second-order valence-corrected chi connectivity index (χ2v) is 5.68. The van der Waals surface area contributed by atoms with Crippen LogP contribution in [0.2, 0.25) is 0 Å². The highest BCUT2D eigenvalue weighted by molar-refractivity contribution is 5.94. The lowest BCUT2D eigenvalue weighted by Gasteiger charge is -2.08. The van der Waals surface area contributed by atoms with Gasteiger partial charge in [-0.25, -0.2) is 9.97 Å². The highest BCUT2D eigenvalue weighted by Crippen LogP contribution is 2.29. The smallest absolute Gasteiger partial charge is 0.143 e. The summed E-state index contributed by atoms with van der Waals surface area (Å²) in [5.41, 5.74) is 4.30. The molecule has 0 radical (unpaired) electrons. The molecule has 3 aromatic heterocycles. The molecule has 0 aliphatic rings. The molecule has 25 heavy (non-hydrogen) atoms. The minimum atomic E-state index is 0.381. The van der Waals surface area contributed by atoms with Gasteiger partial charge in [0.15, 0.2) is 0 Å². The fourth-order valence-corrected chi connectivity index (χ4v) is 2.82. The molecule has 0 saturated carbocycles. The summed E-state index contributed by atoms with van der Waals surface area (Å²) >= 11 is 0. The SMILES string of the molecule is N#Cc1cc(-c2c[nH]c3ncccc23)cc(NCc2ccccc2)n1. The first kappa shape index (κ1) is 14.9. The fourth-order valence-electron chi connectivity index (χ4n) is 2.82. The average Bonchev–Trinajstić information content (AvgIpc) is 3.11. The maximum absolute atomic E-state index is 9.32.